The number of imidazole rings is 1. The van der Waals surface area contributed by atoms with Gasteiger partial charge in [-0.25, -0.2) is 22.9 Å². The van der Waals surface area contributed by atoms with Gasteiger partial charge in [0.15, 0.2) is 11.1 Å². The zero-order valence-corrected chi connectivity index (χ0v) is 12.1. The second-order valence-electron chi connectivity index (χ2n) is 4.75. The number of rotatable bonds is 5. The van der Waals surface area contributed by atoms with E-state index in [2.05, 4.69) is 9.71 Å². The number of nitrogens with one attached hydrogen (secondary N) is 1. The molecule has 2 heterocycles. The molecule has 9 heteroatoms. The fourth-order valence-corrected chi connectivity index (χ4v) is 3.07. The summed E-state index contributed by atoms with van der Waals surface area (Å²) in [6, 6.07) is 0. The van der Waals surface area contributed by atoms with Gasteiger partial charge in [-0.15, -0.1) is 0 Å². The quantitative estimate of drug-likeness (QED) is 0.768. The fourth-order valence-electron chi connectivity index (χ4n) is 1.97. The Morgan fingerprint density at radius 2 is 2.30 bits per heavy atom. The first kappa shape index (κ1) is 14.9. The average molecular weight is 303 g/mol. The van der Waals surface area contributed by atoms with E-state index in [9.17, 15) is 13.2 Å². The van der Waals surface area contributed by atoms with Gasteiger partial charge in [-0.2, -0.15) is 0 Å². The van der Waals surface area contributed by atoms with Crippen molar-refractivity contribution in [1.29, 1.82) is 0 Å². The van der Waals surface area contributed by atoms with Gasteiger partial charge >= 0.3 is 5.97 Å². The lowest BCUT2D eigenvalue weighted by atomic mass is 10.2. The Labute approximate surface area is 116 Å². The predicted octanol–water partition coefficient (Wildman–Crippen LogP) is -0.361. The molecule has 0 amide bonds. The molecule has 0 aliphatic carbocycles. The second-order valence-corrected chi connectivity index (χ2v) is 6.47. The number of nitrogens with zero attached hydrogens (tertiary/aromatic N) is 2. The van der Waals surface area contributed by atoms with Crippen LogP contribution in [0.4, 0.5) is 0 Å². The summed E-state index contributed by atoms with van der Waals surface area (Å²) in [6.45, 7) is 1.75. The Morgan fingerprint density at radius 1 is 1.60 bits per heavy atom. The first-order chi connectivity index (χ1) is 9.29. The number of carboxylic acid groups (broad SMARTS) is 1. The molecule has 1 saturated heterocycles. The molecule has 1 aromatic heterocycles. The van der Waals surface area contributed by atoms with E-state index in [1.54, 1.807) is 18.5 Å². The molecule has 8 nitrogen and oxygen atoms in total. The molecule has 1 aliphatic heterocycles. The van der Waals surface area contributed by atoms with Crippen molar-refractivity contribution in [1.82, 2.24) is 14.3 Å². The zero-order chi connectivity index (χ0) is 14.9. The van der Waals surface area contributed by atoms with Crippen LogP contribution in [-0.2, 0) is 26.6 Å². The smallest absolute Gasteiger partial charge is 0.332 e. The summed E-state index contributed by atoms with van der Waals surface area (Å²) in [4.78, 5) is 14.7. The minimum atomic E-state index is -3.70. The molecule has 0 saturated carbocycles. The molecular formula is C11H17N3O5S. The topological polar surface area (TPSA) is 111 Å². The number of aryl methyl sites for hydroxylation is 2. The van der Waals surface area contributed by atoms with E-state index in [1.165, 1.54) is 6.20 Å². The van der Waals surface area contributed by atoms with Gasteiger partial charge in [-0.05, 0) is 19.8 Å². The van der Waals surface area contributed by atoms with Crippen molar-refractivity contribution in [2.75, 3.05) is 6.54 Å². The van der Waals surface area contributed by atoms with Gasteiger partial charge in [-0.3, -0.25) is 0 Å². The summed E-state index contributed by atoms with van der Waals surface area (Å²) >= 11 is 0. The van der Waals surface area contributed by atoms with Crippen LogP contribution >= 0.6 is 0 Å². The molecule has 1 aromatic rings. The Kier molecular flexibility index (Phi) is 4.11. The standard InChI is InChI=1S/C11H17N3O5S/c1-7-13-10(6-14(7)2)20(17,18)12-5-8-3-4-9(19-8)11(15)16/h6,8-9,12H,3-5H2,1-2H3,(H,15,16). The van der Waals surface area contributed by atoms with Gasteiger partial charge in [0.05, 0.1) is 6.10 Å². The highest BCUT2D eigenvalue weighted by Crippen LogP contribution is 2.19. The van der Waals surface area contributed by atoms with Crippen LogP contribution in [0.25, 0.3) is 0 Å². The van der Waals surface area contributed by atoms with E-state index in [0.717, 1.165) is 0 Å². The highest BCUT2D eigenvalue weighted by Gasteiger charge is 2.31. The number of sulfonamides is 1. The van der Waals surface area contributed by atoms with Crippen LogP contribution in [0.3, 0.4) is 0 Å². The first-order valence-corrected chi connectivity index (χ1v) is 7.66. The van der Waals surface area contributed by atoms with Crippen LogP contribution < -0.4 is 4.72 Å². The molecule has 0 radical (unpaired) electrons. The van der Waals surface area contributed by atoms with Crippen molar-refractivity contribution in [3.63, 3.8) is 0 Å². The minimum absolute atomic E-state index is 0.0434. The van der Waals surface area contributed by atoms with Gasteiger partial charge in [0.1, 0.15) is 5.82 Å². The second kappa shape index (κ2) is 5.51. The number of carboxylic acids is 1. The summed E-state index contributed by atoms with van der Waals surface area (Å²) in [7, 11) is -1.99. The number of aliphatic carboxylic acids is 1. The van der Waals surface area contributed by atoms with Crippen molar-refractivity contribution in [3.8, 4) is 0 Å². The van der Waals surface area contributed by atoms with Crippen LogP contribution in [0, 0.1) is 6.92 Å². The van der Waals surface area contributed by atoms with Crippen LogP contribution in [0.15, 0.2) is 11.2 Å². The monoisotopic (exact) mass is 303 g/mol. The molecule has 112 valence electrons. The molecule has 0 aromatic carbocycles. The average Bonchev–Trinajstić information content (AvgIpc) is 2.95. The number of carbonyl (C=O) groups is 1. The van der Waals surface area contributed by atoms with Crippen LogP contribution in [0.5, 0.6) is 0 Å². The maximum absolute atomic E-state index is 12.0. The van der Waals surface area contributed by atoms with Crippen LogP contribution in [-0.4, -0.2) is 47.8 Å². The van der Waals surface area contributed by atoms with E-state index in [0.29, 0.717) is 18.7 Å². The molecule has 1 fully saturated rings. The predicted molar refractivity (Wildman–Crippen MR) is 68.7 cm³/mol. The normalized spacial score (nSPS) is 23.1. The number of hydrogen-bond acceptors (Lipinski definition) is 5. The fraction of sp³-hybridized carbons (Fsp3) is 0.636. The van der Waals surface area contributed by atoms with Crippen molar-refractivity contribution < 1.29 is 23.1 Å². The SMILES string of the molecule is Cc1nc(S(=O)(=O)NCC2CCC(C(=O)O)O2)cn1C. The Hall–Kier alpha value is -1.45. The number of hydrogen-bond donors (Lipinski definition) is 2. The maximum Gasteiger partial charge on any atom is 0.332 e. The zero-order valence-electron chi connectivity index (χ0n) is 11.2. The molecule has 2 N–H and O–H groups in total. The van der Waals surface area contributed by atoms with Gasteiger partial charge in [0.25, 0.3) is 10.0 Å². The highest BCUT2D eigenvalue weighted by atomic mass is 32.2. The first-order valence-electron chi connectivity index (χ1n) is 6.17. The van der Waals surface area contributed by atoms with Gasteiger partial charge in [0.2, 0.25) is 0 Å². The van der Waals surface area contributed by atoms with Crippen molar-refractivity contribution in [2.24, 2.45) is 7.05 Å². The van der Waals surface area contributed by atoms with Gasteiger partial charge in [-0.1, -0.05) is 0 Å². The van der Waals surface area contributed by atoms with E-state index in [1.807, 2.05) is 0 Å². The Morgan fingerprint density at radius 3 is 2.80 bits per heavy atom. The van der Waals surface area contributed by atoms with Gasteiger partial charge < -0.3 is 14.4 Å². The molecule has 2 atom stereocenters. The molecular weight excluding hydrogens is 286 g/mol. The molecule has 0 bridgehead atoms. The summed E-state index contributed by atoms with van der Waals surface area (Å²) in [5.41, 5.74) is 0. The summed E-state index contributed by atoms with van der Waals surface area (Å²) < 4.78 is 33.3. The third-order valence-electron chi connectivity index (χ3n) is 3.25. The third kappa shape index (κ3) is 3.17. The summed E-state index contributed by atoms with van der Waals surface area (Å²) in [5.74, 6) is -0.427. The Balaban J connectivity index is 1.95. The molecule has 0 spiro atoms. The lowest BCUT2D eigenvalue weighted by molar-refractivity contribution is -0.149. The molecule has 2 rings (SSSR count). The number of aromatic nitrogens is 2. The maximum atomic E-state index is 12.0. The van der Waals surface area contributed by atoms with Crippen molar-refractivity contribution >= 4 is 16.0 Å². The lowest BCUT2D eigenvalue weighted by Gasteiger charge is -2.11. The lowest BCUT2D eigenvalue weighted by Crippen LogP contribution is -2.33. The van der Waals surface area contributed by atoms with E-state index in [4.69, 9.17) is 9.84 Å². The molecule has 20 heavy (non-hydrogen) atoms. The van der Waals surface area contributed by atoms with Crippen molar-refractivity contribution in [2.45, 2.75) is 37.0 Å². The number of ether oxygens (including phenoxy) is 1. The van der Waals surface area contributed by atoms with E-state index >= 15 is 0 Å². The van der Waals surface area contributed by atoms with Crippen molar-refractivity contribution in [3.05, 3.63) is 12.0 Å². The minimum Gasteiger partial charge on any atom is -0.479 e. The van der Waals surface area contributed by atoms with E-state index < -0.39 is 28.2 Å². The summed E-state index contributed by atoms with van der Waals surface area (Å²) in [5, 5.41) is 8.74. The van der Waals surface area contributed by atoms with E-state index in [-0.39, 0.29) is 11.6 Å². The Bertz CT molecular complexity index is 590. The van der Waals surface area contributed by atoms with Crippen LogP contribution in [0.1, 0.15) is 18.7 Å². The van der Waals surface area contributed by atoms with Gasteiger partial charge in [0, 0.05) is 19.8 Å². The highest BCUT2D eigenvalue weighted by molar-refractivity contribution is 7.89. The third-order valence-corrected chi connectivity index (χ3v) is 4.54. The van der Waals surface area contributed by atoms with Crippen LogP contribution in [0.2, 0.25) is 0 Å². The largest absolute Gasteiger partial charge is 0.479 e. The summed E-state index contributed by atoms with van der Waals surface area (Å²) in [6.07, 6.45) is 1.07. The molecule has 2 unspecified atom stereocenters. The molecule has 1 aliphatic rings.